The van der Waals surface area contributed by atoms with Crippen molar-refractivity contribution in [2.45, 2.75) is 26.3 Å². The summed E-state index contributed by atoms with van der Waals surface area (Å²) in [7, 11) is 0. The molecule has 2 N–H and O–H groups in total. The summed E-state index contributed by atoms with van der Waals surface area (Å²) >= 11 is 0. The van der Waals surface area contributed by atoms with Crippen molar-refractivity contribution in [1.82, 2.24) is 5.32 Å². The van der Waals surface area contributed by atoms with E-state index in [1.807, 2.05) is 18.2 Å². The third-order valence-electron chi connectivity index (χ3n) is 4.77. The Morgan fingerprint density at radius 1 is 1.30 bits per heavy atom. The minimum absolute atomic E-state index is 0.00986. The fourth-order valence-corrected chi connectivity index (χ4v) is 3.02. The average molecular weight is 364 g/mol. The summed E-state index contributed by atoms with van der Waals surface area (Å²) in [6, 6.07) is 13.5. The maximum Gasteiger partial charge on any atom is 0.263 e. The van der Waals surface area contributed by atoms with Crippen molar-refractivity contribution < 1.29 is 9.21 Å². The van der Waals surface area contributed by atoms with Crippen LogP contribution in [0.25, 0.3) is 0 Å². The Balaban J connectivity index is 1.55. The quantitative estimate of drug-likeness (QED) is 0.604. The summed E-state index contributed by atoms with van der Waals surface area (Å²) in [6.07, 6.45) is 5.41. The van der Waals surface area contributed by atoms with Gasteiger partial charge >= 0.3 is 0 Å². The van der Waals surface area contributed by atoms with Gasteiger partial charge in [0, 0.05) is 30.7 Å². The van der Waals surface area contributed by atoms with Crippen molar-refractivity contribution in [2.75, 3.05) is 23.3 Å². The molecule has 1 amide bonds. The first kappa shape index (κ1) is 18.6. The predicted octanol–water partition coefficient (Wildman–Crippen LogP) is 3.65. The molecule has 0 radical (unpaired) electrons. The van der Waals surface area contributed by atoms with Gasteiger partial charge in [0.1, 0.15) is 17.4 Å². The summed E-state index contributed by atoms with van der Waals surface area (Å²) in [5, 5.41) is 14.9. The highest BCUT2D eigenvalue weighted by Crippen LogP contribution is 2.24. The number of anilines is 2. The van der Waals surface area contributed by atoms with Gasteiger partial charge in [-0.3, -0.25) is 4.79 Å². The molecule has 0 unspecified atom stereocenters. The fourth-order valence-electron chi connectivity index (χ4n) is 3.02. The number of piperidine rings is 1. The van der Waals surface area contributed by atoms with Crippen molar-refractivity contribution >= 4 is 17.3 Å². The first-order chi connectivity index (χ1) is 13.2. The van der Waals surface area contributed by atoms with Crippen LogP contribution in [0.5, 0.6) is 0 Å². The van der Waals surface area contributed by atoms with Crippen molar-refractivity contribution in [3.63, 3.8) is 0 Å². The molecule has 0 atom stereocenters. The van der Waals surface area contributed by atoms with Gasteiger partial charge in [-0.1, -0.05) is 6.92 Å². The van der Waals surface area contributed by atoms with Gasteiger partial charge in [-0.15, -0.1) is 0 Å². The molecule has 1 aromatic heterocycles. The standard InChI is InChI=1S/C21H24N4O2/c1-16-8-10-25(11-9-16)19-6-4-18(5-7-19)23-14-17(13-22)21(26)24-15-20-3-2-12-27-20/h2-7,12,14,16,23H,8-11,15H2,1H3,(H,24,26). The second-order valence-electron chi connectivity index (χ2n) is 6.79. The number of carbonyl (C=O) groups excluding carboxylic acids is 1. The van der Waals surface area contributed by atoms with Gasteiger partial charge in [0.25, 0.3) is 5.91 Å². The largest absolute Gasteiger partial charge is 0.467 e. The highest BCUT2D eigenvalue weighted by atomic mass is 16.3. The van der Waals surface area contributed by atoms with Crippen molar-refractivity contribution in [2.24, 2.45) is 5.92 Å². The first-order valence-electron chi connectivity index (χ1n) is 9.18. The molecule has 1 fully saturated rings. The third kappa shape index (κ3) is 5.14. The van der Waals surface area contributed by atoms with Gasteiger partial charge in [-0.05, 0) is 55.2 Å². The zero-order chi connectivity index (χ0) is 19.1. The number of nitrogens with one attached hydrogen (secondary N) is 2. The molecule has 0 spiro atoms. The average Bonchev–Trinajstić information content (AvgIpc) is 3.22. The van der Waals surface area contributed by atoms with Crippen LogP contribution in [-0.4, -0.2) is 19.0 Å². The molecule has 1 aromatic carbocycles. The van der Waals surface area contributed by atoms with Crippen LogP contribution in [-0.2, 0) is 11.3 Å². The Labute approximate surface area is 159 Å². The Bertz CT molecular complexity index is 811. The Kier molecular flexibility index (Phi) is 6.16. The molecule has 1 aliphatic rings. The number of furan rings is 1. The summed E-state index contributed by atoms with van der Waals surface area (Å²) in [5.41, 5.74) is 2.04. The number of rotatable bonds is 6. The molecule has 3 rings (SSSR count). The van der Waals surface area contributed by atoms with Crippen LogP contribution in [0.2, 0.25) is 0 Å². The van der Waals surface area contributed by atoms with E-state index in [-0.39, 0.29) is 12.1 Å². The summed E-state index contributed by atoms with van der Waals surface area (Å²) in [6.45, 7) is 4.72. The molecule has 27 heavy (non-hydrogen) atoms. The maximum atomic E-state index is 12.1. The summed E-state index contributed by atoms with van der Waals surface area (Å²) in [4.78, 5) is 14.5. The zero-order valence-corrected chi connectivity index (χ0v) is 15.4. The van der Waals surface area contributed by atoms with Gasteiger partial charge in [0.05, 0.1) is 12.8 Å². The van der Waals surface area contributed by atoms with Crippen molar-refractivity contribution in [1.29, 1.82) is 5.26 Å². The maximum absolute atomic E-state index is 12.1. The number of nitriles is 1. The second-order valence-corrected chi connectivity index (χ2v) is 6.79. The Morgan fingerprint density at radius 2 is 2.04 bits per heavy atom. The molecule has 2 aromatic rings. The lowest BCUT2D eigenvalue weighted by molar-refractivity contribution is -0.117. The normalized spacial score (nSPS) is 15.3. The molecule has 140 valence electrons. The SMILES string of the molecule is CC1CCN(c2ccc(NC=C(C#N)C(=O)NCc3ccco3)cc2)CC1. The third-order valence-corrected chi connectivity index (χ3v) is 4.77. The molecular formula is C21H24N4O2. The lowest BCUT2D eigenvalue weighted by Gasteiger charge is -2.32. The van der Waals surface area contributed by atoms with Crippen LogP contribution >= 0.6 is 0 Å². The Hall–Kier alpha value is -3.20. The van der Waals surface area contributed by atoms with E-state index in [1.54, 1.807) is 12.1 Å². The van der Waals surface area contributed by atoms with Crippen LogP contribution in [0.3, 0.4) is 0 Å². The van der Waals surface area contributed by atoms with E-state index >= 15 is 0 Å². The van der Waals surface area contributed by atoms with E-state index in [1.165, 1.54) is 31.0 Å². The molecule has 2 heterocycles. The number of hydrogen-bond acceptors (Lipinski definition) is 5. The topological polar surface area (TPSA) is 81.3 Å². The molecule has 1 saturated heterocycles. The van der Waals surface area contributed by atoms with Gasteiger partial charge in [0.15, 0.2) is 0 Å². The number of carbonyl (C=O) groups is 1. The van der Waals surface area contributed by atoms with Crippen LogP contribution in [0.1, 0.15) is 25.5 Å². The fraction of sp³-hybridized carbons (Fsp3) is 0.333. The van der Waals surface area contributed by atoms with Crippen molar-refractivity contribution in [3.8, 4) is 6.07 Å². The zero-order valence-electron chi connectivity index (χ0n) is 15.4. The molecule has 0 saturated carbocycles. The number of amides is 1. The van der Waals surface area contributed by atoms with E-state index in [9.17, 15) is 10.1 Å². The number of nitrogens with zero attached hydrogens (tertiary/aromatic N) is 2. The van der Waals surface area contributed by atoms with Crippen LogP contribution in [0.15, 0.2) is 58.9 Å². The molecule has 1 aliphatic heterocycles. The molecular weight excluding hydrogens is 340 g/mol. The van der Waals surface area contributed by atoms with Gasteiger partial charge < -0.3 is 20.0 Å². The molecule has 0 aliphatic carbocycles. The van der Waals surface area contributed by atoms with Gasteiger partial charge in [-0.2, -0.15) is 5.26 Å². The van der Waals surface area contributed by atoms with E-state index < -0.39 is 5.91 Å². The van der Waals surface area contributed by atoms with E-state index in [4.69, 9.17) is 4.42 Å². The van der Waals surface area contributed by atoms with Crippen LogP contribution in [0.4, 0.5) is 11.4 Å². The highest BCUT2D eigenvalue weighted by molar-refractivity contribution is 5.97. The lowest BCUT2D eigenvalue weighted by Crippen LogP contribution is -2.32. The van der Waals surface area contributed by atoms with Crippen LogP contribution < -0.4 is 15.5 Å². The van der Waals surface area contributed by atoms with Crippen LogP contribution in [0, 0.1) is 17.2 Å². The molecule has 0 bridgehead atoms. The second kappa shape index (κ2) is 8.95. The molecule has 6 nitrogen and oxygen atoms in total. The highest BCUT2D eigenvalue weighted by Gasteiger charge is 2.15. The smallest absolute Gasteiger partial charge is 0.263 e. The van der Waals surface area contributed by atoms with E-state index in [0.29, 0.717) is 5.76 Å². The minimum atomic E-state index is -0.444. The molecule has 6 heteroatoms. The first-order valence-corrected chi connectivity index (χ1v) is 9.18. The number of benzene rings is 1. The Morgan fingerprint density at radius 3 is 2.67 bits per heavy atom. The summed E-state index contributed by atoms with van der Waals surface area (Å²) in [5.74, 6) is 0.993. The number of hydrogen-bond donors (Lipinski definition) is 2. The summed E-state index contributed by atoms with van der Waals surface area (Å²) < 4.78 is 5.16. The predicted molar refractivity (Wildman–Crippen MR) is 105 cm³/mol. The monoisotopic (exact) mass is 364 g/mol. The van der Waals surface area contributed by atoms with Crippen molar-refractivity contribution in [3.05, 3.63) is 60.2 Å². The van der Waals surface area contributed by atoms with Gasteiger partial charge in [0.2, 0.25) is 0 Å². The van der Waals surface area contributed by atoms with E-state index in [0.717, 1.165) is 24.7 Å². The van der Waals surface area contributed by atoms with Gasteiger partial charge in [-0.25, -0.2) is 0 Å². The minimum Gasteiger partial charge on any atom is -0.467 e. The van der Waals surface area contributed by atoms with E-state index in [2.05, 4.69) is 34.6 Å². The lowest BCUT2D eigenvalue weighted by atomic mass is 9.99.